The summed E-state index contributed by atoms with van der Waals surface area (Å²) in [5.74, 6) is 0.0414. The number of alkyl halides is 3. The summed E-state index contributed by atoms with van der Waals surface area (Å²) >= 11 is 0. The quantitative estimate of drug-likeness (QED) is 0.419. The topological polar surface area (TPSA) is 26.3 Å². The average Bonchev–Trinajstić information content (AvgIpc) is 2.68. The maximum Gasteiger partial charge on any atom is 0.416 e. The lowest BCUT2D eigenvalue weighted by atomic mass is 10.1. The molecule has 0 saturated carbocycles. The molecule has 0 spiro atoms. The van der Waals surface area contributed by atoms with Gasteiger partial charge in [-0.05, 0) is 36.4 Å². The summed E-state index contributed by atoms with van der Waals surface area (Å²) in [5.41, 5.74) is -0.441. The molecule has 0 aliphatic heterocycles. The van der Waals surface area contributed by atoms with E-state index in [0.29, 0.717) is 16.2 Å². The van der Waals surface area contributed by atoms with Gasteiger partial charge in [0.15, 0.2) is 0 Å². The Labute approximate surface area is 155 Å². The van der Waals surface area contributed by atoms with Crippen LogP contribution in [0, 0.1) is 0 Å². The van der Waals surface area contributed by atoms with Crippen LogP contribution in [-0.2, 0) is 15.3 Å². The highest BCUT2D eigenvalue weighted by atomic mass is 31.2. The van der Waals surface area contributed by atoms with Crippen LogP contribution < -0.4 is 10.6 Å². The van der Waals surface area contributed by atoms with Gasteiger partial charge in [-0.3, -0.25) is 4.57 Å². The van der Waals surface area contributed by atoms with E-state index >= 15 is 0 Å². The zero-order valence-electron chi connectivity index (χ0n) is 14.2. The molecule has 2 nitrogen and oxygen atoms in total. The molecule has 138 valence electrons. The first-order valence-electron chi connectivity index (χ1n) is 8.08. The first-order chi connectivity index (χ1) is 12.8. The predicted molar refractivity (Wildman–Crippen MR) is 101 cm³/mol. The van der Waals surface area contributed by atoms with E-state index in [0.717, 1.165) is 12.1 Å². The molecule has 3 rings (SSSR count). The molecule has 0 aliphatic rings. The van der Waals surface area contributed by atoms with Crippen molar-refractivity contribution < 1.29 is 22.3 Å². The highest BCUT2D eigenvalue weighted by Gasteiger charge is 2.32. The summed E-state index contributed by atoms with van der Waals surface area (Å²) in [7, 11) is -3.51. The number of rotatable bonds is 5. The highest BCUT2D eigenvalue weighted by Crippen LogP contribution is 2.48. The number of hydrogen-bond donors (Lipinski definition) is 0. The van der Waals surface area contributed by atoms with E-state index in [1.54, 1.807) is 60.7 Å². The van der Waals surface area contributed by atoms with Crippen LogP contribution in [-0.4, -0.2) is 0 Å². The largest absolute Gasteiger partial charge is 0.437 e. The molecule has 0 atom stereocenters. The maximum atomic E-state index is 13.8. The summed E-state index contributed by atoms with van der Waals surface area (Å²) in [6.07, 6.45) is -4.43. The molecule has 3 aromatic carbocycles. The van der Waals surface area contributed by atoms with Gasteiger partial charge in [0.2, 0.25) is 0 Å². The van der Waals surface area contributed by atoms with Crippen molar-refractivity contribution in [2.75, 3.05) is 0 Å². The van der Waals surface area contributed by atoms with Crippen molar-refractivity contribution in [2.45, 2.75) is 6.18 Å². The van der Waals surface area contributed by atoms with Crippen molar-refractivity contribution in [2.24, 2.45) is 0 Å². The normalized spacial score (nSPS) is 11.8. The summed E-state index contributed by atoms with van der Waals surface area (Å²) in [5, 5.41) is 0.952. The third kappa shape index (κ3) is 4.15. The zero-order chi connectivity index (χ0) is 19.5. The number of halogens is 3. The number of hydrogen-bond acceptors (Lipinski definition) is 2. The van der Waals surface area contributed by atoms with Crippen LogP contribution in [0.5, 0.6) is 0 Å². The summed E-state index contributed by atoms with van der Waals surface area (Å²) in [6.45, 7) is 3.78. The third-order valence-corrected chi connectivity index (χ3v) is 6.40. The molecule has 0 N–H and O–H groups in total. The van der Waals surface area contributed by atoms with E-state index in [2.05, 4.69) is 6.58 Å². The lowest BCUT2D eigenvalue weighted by Gasteiger charge is -2.22. The second-order valence-corrected chi connectivity index (χ2v) is 8.13. The van der Waals surface area contributed by atoms with E-state index in [4.69, 9.17) is 4.52 Å². The van der Waals surface area contributed by atoms with Gasteiger partial charge in [-0.25, -0.2) is 0 Å². The van der Waals surface area contributed by atoms with Gasteiger partial charge in [0.1, 0.15) is 5.76 Å². The van der Waals surface area contributed by atoms with Gasteiger partial charge < -0.3 is 4.52 Å². The first-order valence-corrected chi connectivity index (χ1v) is 9.70. The monoisotopic (exact) mass is 388 g/mol. The van der Waals surface area contributed by atoms with Crippen molar-refractivity contribution in [1.29, 1.82) is 0 Å². The Kier molecular flexibility index (Phi) is 5.24. The second kappa shape index (κ2) is 7.45. The van der Waals surface area contributed by atoms with Crippen LogP contribution in [0.4, 0.5) is 13.2 Å². The molecule has 0 aliphatic carbocycles. The van der Waals surface area contributed by atoms with E-state index in [1.807, 2.05) is 0 Å². The van der Waals surface area contributed by atoms with E-state index in [1.165, 1.54) is 12.1 Å². The van der Waals surface area contributed by atoms with Crippen LogP contribution in [0.2, 0.25) is 0 Å². The molecule has 0 saturated heterocycles. The van der Waals surface area contributed by atoms with Gasteiger partial charge in [0.05, 0.1) is 16.2 Å². The van der Waals surface area contributed by atoms with Gasteiger partial charge in [-0.15, -0.1) is 0 Å². The fourth-order valence-electron chi connectivity index (χ4n) is 2.56. The lowest BCUT2D eigenvalue weighted by molar-refractivity contribution is -0.137. The molecular weight excluding hydrogens is 372 g/mol. The molecule has 27 heavy (non-hydrogen) atoms. The Morgan fingerprint density at radius 3 is 1.63 bits per heavy atom. The summed E-state index contributed by atoms with van der Waals surface area (Å²) in [4.78, 5) is 0. The smallest absolute Gasteiger partial charge is 0.416 e. The van der Waals surface area contributed by atoms with Crippen molar-refractivity contribution in [3.8, 4) is 0 Å². The van der Waals surface area contributed by atoms with Gasteiger partial charge in [0.25, 0.3) is 0 Å². The maximum absolute atomic E-state index is 13.8. The third-order valence-electron chi connectivity index (χ3n) is 3.97. The van der Waals surface area contributed by atoms with E-state index in [9.17, 15) is 17.7 Å². The molecular formula is C21H16F3O2P. The standard InChI is InChI=1S/C21H16F3O2P/c1-16(17-12-14-18(15-13-17)21(22,23)24)26-27(25,19-8-4-2-5-9-19)20-10-6-3-7-11-20/h2-15H,1H2. The van der Waals surface area contributed by atoms with Crippen LogP contribution in [0.1, 0.15) is 11.1 Å². The van der Waals surface area contributed by atoms with Gasteiger partial charge >= 0.3 is 13.5 Å². The molecule has 0 amide bonds. The minimum absolute atomic E-state index is 0.0414. The Bertz CT molecular complexity index is 922. The predicted octanol–water partition coefficient (Wildman–Crippen LogP) is 5.62. The minimum atomic E-state index is -4.43. The Morgan fingerprint density at radius 2 is 1.22 bits per heavy atom. The Morgan fingerprint density at radius 1 is 0.778 bits per heavy atom. The molecule has 0 aromatic heterocycles. The van der Waals surface area contributed by atoms with Gasteiger partial charge in [-0.2, -0.15) is 13.2 Å². The highest BCUT2D eigenvalue weighted by molar-refractivity contribution is 7.74. The SMILES string of the molecule is C=C(OP(=O)(c1ccccc1)c1ccccc1)c1ccc(C(F)(F)F)cc1. The zero-order valence-corrected chi connectivity index (χ0v) is 15.1. The van der Waals surface area contributed by atoms with Crippen LogP contribution in [0.25, 0.3) is 5.76 Å². The van der Waals surface area contributed by atoms with Crippen molar-refractivity contribution in [3.05, 3.63) is 103 Å². The fraction of sp³-hybridized carbons (Fsp3) is 0.0476. The van der Waals surface area contributed by atoms with Crippen molar-refractivity contribution in [1.82, 2.24) is 0 Å². The molecule has 0 bridgehead atoms. The Hall–Kier alpha value is -2.78. The molecule has 0 radical (unpaired) electrons. The fourth-order valence-corrected chi connectivity index (χ4v) is 4.61. The summed E-state index contributed by atoms with van der Waals surface area (Å²) in [6, 6.07) is 21.7. The van der Waals surface area contributed by atoms with E-state index < -0.39 is 19.1 Å². The second-order valence-electron chi connectivity index (χ2n) is 5.81. The first kappa shape index (κ1) is 19.0. The minimum Gasteiger partial charge on any atom is -0.437 e. The molecule has 3 aromatic rings. The van der Waals surface area contributed by atoms with Crippen molar-refractivity contribution in [3.63, 3.8) is 0 Å². The lowest BCUT2D eigenvalue weighted by Crippen LogP contribution is -2.17. The van der Waals surface area contributed by atoms with Crippen LogP contribution >= 0.6 is 7.37 Å². The molecule has 0 heterocycles. The molecule has 0 unspecified atom stereocenters. The van der Waals surface area contributed by atoms with Crippen LogP contribution in [0.3, 0.4) is 0 Å². The van der Waals surface area contributed by atoms with Gasteiger partial charge in [0, 0.05) is 5.56 Å². The summed E-state index contributed by atoms with van der Waals surface area (Å²) < 4.78 is 57.8. The molecule has 6 heteroatoms. The van der Waals surface area contributed by atoms with E-state index in [-0.39, 0.29) is 5.76 Å². The average molecular weight is 388 g/mol. The number of benzene rings is 3. The van der Waals surface area contributed by atoms with Gasteiger partial charge in [-0.1, -0.05) is 55.1 Å². The molecule has 0 fully saturated rings. The van der Waals surface area contributed by atoms with Crippen LogP contribution in [0.15, 0.2) is 91.5 Å². The Balaban J connectivity index is 1.96. The van der Waals surface area contributed by atoms with Crippen molar-refractivity contribution >= 4 is 23.7 Å².